The molecule has 0 fully saturated rings. The topological polar surface area (TPSA) is 63.2 Å². The summed E-state index contributed by atoms with van der Waals surface area (Å²) in [6.45, 7) is -0.198. The summed E-state index contributed by atoms with van der Waals surface area (Å²) in [6, 6.07) is 6.46. The second-order valence-corrected chi connectivity index (χ2v) is 10.6. The van der Waals surface area contributed by atoms with Gasteiger partial charge in [-0.1, -0.05) is 35.3 Å². The third-order valence-electron chi connectivity index (χ3n) is 5.30. The maximum atomic E-state index is 14.3. The fraction of sp³-hybridized carbons (Fsp3) is 0.286. The predicted octanol–water partition coefficient (Wildman–Crippen LogP) is 6.21. The van der Waals surface area contributed by atoms with Crippen molar-refractivity contribution < 1.29 is 39.6 Å². The fourth-order valence-corrected chi connectivity index (χ4v) is 6.19. The molecule has 2 aromatic carbocycles. The van der Waals surface area contributed by atoms with E-state index in [2.05, 4.69) is 0 Å². The molecule has 1 atom stereocenters. The smallest absolute Gasteiger partial charge is 0.343 e. The number of nitrogens with one attached hydrogen (secondary N) is 1. The highest BCUT2D eigenvalue weighted by molar-refractivity contribution is 7.95. The predicted molar refractivity (Wildman–Crippen MR) is 115 cm³/mol. The highest BCUT2D eigenvalue weighted by Crippen LogP contribution is 2.56. The van der Waals surface area contributed by atoms with Gasteiger partial charge in [0.25, 0.3) is 5.91 Å². The maximum Gasteiger partial charge on any atom is 0.412 e. The van der Waals surface area contributed by atoms with Gasteiger partial charge in [0.2, 0.25) is 0 Å². The number of hydrogen-bond donors (Lipinski definition) is 1. The third-order valence-corrected chi connectivity index (χ3v) is 7.91. The molecule has 0 spiro atoms. The molecule has 0 bridgehead atoms. The molecule has 4 nitrogen and oxygen atoms in total. The van der Waals surface area contributed by atoms with Crippen LogP contribution in [-0.4, -0.2) is 33.2 Å². The number of allylic oxidation sites excluding steroid dienone is 1. The summed E-state index contributed by atoms with van der Waals surface area (Å²) in [5, 5.41) is 1.84. The largest absolute Gasteiger partial charge is 0.412 e. The summed E-state index contributed by atoms with van der Waals surface area (Å²) in [6.07, 6.45) is -10.9. The van der Waals surface area contributed by atoms with E-state index in [1.807, 2.05) is 0 Å². The minimum absolute atomic E-state index is 0.0627. The molecule has 1 unspecified atom stereocenters. The minimum atomic E-state index is -5.25. The van der Waals surface area contributed by atoms with Crippen LogP contribution in [0.4, 0.5) is 26.3 Å². The third kappa shape index (κ3) is 4.92. The van der Waals surface area contributed by atoms with Crippen molar-refractivity contribution in [1.29, 1.82) is 0 Å². The van der Waals surface area contributed by atoms with E-state index in [4.69, 9.17) is 23.2 Å². The van der Waals surface area contributed by atoms with Crippen molar-refractivity contribution >= 4 is 44.5 Å². The van der Waals surface area contributed by atoms with E-state index in [0.29, 0.717) is 5.41 Å². The van der Waals surface area contributed by atoms with Crippen LogP contribution in [0.15, 0.2) is 41.8 Å². The molecule has 1 amide bonds. The number of halogens is 8. The molecule has 0 radical (unpaired) electrons. The molecule has 13 heteroatoms. The summed E-state index contributed by atoms with van der Waals surface area (Å²) in [5.74, 6) is -1.03. The van der Waals surface area contributed by atoms with Crippen LogP contribution in [0, 0.1) is 6.92 Å². The number of carbonyl (C=O) groups is 1. The van der Waals surface area contributed by atoms with Gasteiger partial charge in [-0.05, 0) is 53.5 Å². The summed E-state index contributed by atoms with van der Waals surface area (Å²) in [5.41, 5.74) is -0.779. The molecule has 0 saturated heterocycles. The first-order valence-corrected chi connectivity index (χ1v) is 11.7. The lowest BCUT2D eigenvalue weighted by atomic mass is 9.87. The standard InChI is InChI=1S/C21H15Cl2F6NO3S/c1-11-4-12(2-3-17(11)18(31)30-10-20(24,25)26)13-8-19(21(27,28)29,34(32,33)9-13)14-5-15(22)7-16(23)6-14/h2-7,9H,8,10H2,1H3,(H,30,31). The Labute approximate surface area is 200 Å². The quantitative estimate of drug-likeness (QED) is 0.464. The van der Waals surface area contributed by atoms with Gasteiger partial charge in [0.05, 0.1) is 0 Å². The molecule has 1 aliphatic rings. The van der Waals surface area contributed by atoms with Gasteiger partial charge in [0.1, 0.15) is 6.54 Å². The lowest BCUT2D eigenvalue weighted by Gasteiger charge is -2.31. The monoisotopic (exact) mass is 545 g/mol. The molecule has 34 heavy (non-hydrogen) atoms. The van der Waals surface area contributed by atoms with Crippen LogP contribution >= 0.6 is 23.2 Å². The Morgan fingerprint density at radius 1 is 1.03 bits per heavy atom. The number of aryl methyl sites for hydroxylation is 1. The zero-order valence-corrected chi connectivity index (χ0v) is 19.4. The van der Waals surface area contributed by atoms with Gasteiger partial charge in [0, 0.05) is 27.4 Å². The van der Waals surface area contributed by atoms with E-state index >= 15 is 0 Å². The van der Waals surface area contributed by atoms with E-state index in [9.17, 15) is 39.6 Å². The van der Waals surface area contributed by atoms with Gasteiger partial charge in [-0.25, -0.2) is 8.42 Å². The van der Waals surface area contributed by atoms with Gasteiger partial charge in [0.15, 0.2) is 14.6 Å². The summed E-state index contributed by atoms with van der Waals surface area (Å²) in [7, 11) is -4.96. The van der Waals surface area contributed by atoms with Crippen molar-refractivity contribution in [3.05, 3.63) is 74.1 Å². The zero-order valence-electron chi connectivity index (χ0n) is 17.1. The molecule has 1 heterocycles. The van der Waals surface area contributed by atoms with Crippen molar-refractivity contribution in [2.45, 2.75) is 30.4 Å². The Morgan fingerprint density at radius 2 is 1.62 bits per heavy atom. The summed E-state index contributed by atoms with van der Waals surface area (Å²) in [4.78, 5) is 12.0. The molecular formula is C21H15Cl2F6NO3S. The van der Waals surface area contributed by atoms with Crippen LogP contribution in [0.2, 0.25) is 10.0 Å². The van der Waals surface area contributed by atoms with Crippen LogP contribution in [0.3, 0.4) is 0 Å². The lowest BCUT2D eigenvalue weighted by Crippen LogP contribution is -2.46. The summed E-state index contributed by atoms with van der Waals surface area (Å²) < 4.78 is 103. The van der Waals surface area contributed by atoms with Crippen LogP contribution < -0.4 is 5.32 Å². The molecule has 0 aliphatic carbocycles. The van der Waals surface area contributed by atoms with Crippen LogP contribution in [0.25, 0.3) is 5.57 Å². The Kier molecular flexibility index (Phi) is 6.79. The number of rotatable bonds is 4. The Bertz CT molecular complexity index is 1270. The average molecular weight is 546 g/mol. The van der Waals surface area contributed by atoms with Gasteiger partial charge in [-0.2, -0.15) is 26.3 Å². The normalized spacial score (nSPS) is 20.2. The zero-order chi connectivity index (χ0) is 25.7. The highest BCUT2D eigenvalue weighted by atomic mass is 35.5. The average Bonchev–Trinajstić information content (AvgIpc) is 2.96. The molecule has 0 aromatic heterocycles. The molecular weight excluding hydrogens is 531 g/mol. The Balaban J connectivity index is 2.03. The maximum absolute atomic E-state index is 14.3. The number of benzene rings is 2. The Morgan fingerprint density at radius 3 is 2.12 bits per heavy atom. The van der Waals surface area contributed by atoms with Crippen LogP contribution in [-0.2, 0) is 14.6 Å². The highest BCUT2D eigenvalue weighted by Gasteiger charge is 2.66. The first-order chi connectivity index (χ1) is 15.5. The number of hydrogen-bond acceptors (Lipinski definition) is 3. The van der Waals surface area contributed by atoms with Gasteiger partial charge < -0.3 is 5.32 Å². The molecule has 0 saturated carbocycles. The van der Waals surface area contributed by atoms with E-state index in [1.54, 1.807) is 5.32 Å². The number of carbonyl (C=O) groups excluding carboxylic acids is 1. The first kappa shape index (κ1) is 26.4. The van der Waals surface area contributed by atoms with E-state index in [-0.39, 0.29) is 32.3 Å². The van der Waals surface area contributed by atoms with Crippen molar-refractivity contribution in [3.63, 3.8) is 0 Å². The number of alkyl halides is 6. The molecule has 1 aliphatic heterocycles. The molecule has 184 valence electrons. The van der Waals surface area contributed by atoms with E-state index < -0.39 is 51.4 Å². The second kappa shape index (κ2) is 8.76. The van der Waals surface area contributed by atoms with Crippen molar-refractivity contribution in [1.82, 2.24) is 5.32 Å². The summed E-state index contributed by atoms with van der Waals surface area (Å²) >= 11 is 11.7. The van der Waals surface area contributed by atoms with E-state index in [1.165, 1.54) is 25.1 Å². The van der Waals surface area contributed by atoms with Gasteiger partial charge in [-0.15, -0.1) is 0 Å². The van der Waals surface area contributed by atoms with Crippen molar-refractivity contribution in [2.75, 3.05) is 6.54 Å². The molecule has 1 N–H and O–H groups in total. The number of sulfone groups is 1. The fourth-order valence-electron chi connectivity index (χ4n) is 3.74. The molecule has 2 aromatic rings. The van der Waals surface area contributed by atoms with Crippen LogP contribution in [0.5, 0.6) is 0 Å². The lowest BCUT2D eigenvalue weighted by molar-refractivity contribution is -0.162. The van der Waals surface area contributed by atoms with E-state index in [0.717, 1.165) is 18.2 Å². The Hall–Kier alpha value is -2.24. The number of amides is 1. The van der Waals surface area contributed by atoms with Gasteiger partial charge in [-0.3, -0.25) is 4.79 Å². The van der Waals surface area contributed by atoms with Crippen molar-refractivity contribution in [3.8, 4) is 0 Å². The SMILES string of the molecule is Cc1cc(C2=CS(=O)(=O)C(c3cc(Cl)cc(Cl)c3)(C(F)(F)F)C2)ccc1C(=O)NCC(F)(F)F. The van der Waals surface area contributed by atoms with Crippen LogP contribution in [0.1, 0.15) is 33.5 Å². The van der Waals surface area contributed by atoms with Crippen molar-refractivity contribution in [2.24, 2.45) is 0 Å². The van der Waals surface area contributed by atoms with Gasteiger partial charge >= 0.3 is 12.4 Å². The first-order valence-electron chi connectivity index (χ1n) is 9.41. The second-order valence-electron chi connectivity index (χ2n) is 7.68. The minimum Gasteiger partial charge on any atom is -0.343 e. The molecule has 3 rings (SSSR count).